The highest BCUT2D eigenvalue weighted by atomic mass is 32.1. The SMILES string of the molecule is O=C(NO)C(c1ccc(-c2cncs2)cc1)c1ccccc1F. The Balaban J connectivity index is 2.01. The maximum Gasteiger partial charge on any atom is 0.255 e. The molecule has 3 rings (SSSR count). The number of nitrogens with zero attached hydrogens (tertiary/aromatic N) is 1. The number of thiazole rings is 1. The Morgan fingerprint density at radius 1 is 1.17 bits per heavy atom. The predicted octanol–water partition coefficient (Wildman–Crippen LogP) is 3.59. The van der Waals surface area contributed by atoms with Gasteiger partial charge in [0.25, 0.3) is 5.91 Å². The third kappa shape index (κ3) is 3.13. The lowest BCUT2D eigenvalue weighted by molar-refractivity contribution is -0.129. The van der Waals surface area contributed by atoms with Crippen LogP contribution in [0, 0.1) is 5.82 Å². The minimum Gasteiger partial charge on any atom is -0.289 e. The highest BCUT2D eigenvalue weighted by Crippen LogP contribution is 2.30. The van der Waals surface area contributed by atoms with Gasteiger partial charge in [-0.1, -0.05) is 42.5 Å². The molecule has 0 radical (unpaired) electrons. The second kappa shape index (κ2) is 6.68. The number of rotatable bonds is 4. The molecule has 116 valence electrons. The molecule has 0 bridgehead atoms. The smallest absolute Gasteiger partial charge is 0.255 e. The molecule has 6 heteroatoms. The van der Waals surface area contributed by atoms with Crippen molar-refractivity contribution in [2.75, 3.05) is 0 Å². The highest BCUT2D eigenvalue weighted by Gasteiger charge is 2.25. The van der Waals surface area contributed by atoms with Crippen molar-refractivity contribution in [1.82, 2.24) is 10.5 Å². The summed E-state index contributed by atoms with van der Waals surface area (Å²) in [5.74, 6) is -2.09. The van der Waals surface area contributed by atoms with Gasteiger partial charge in [-0.25, -0.2) is 9.87 Å². The molecule has 0 aliphatic carbocycles. The van der Waals surface area contributed by atoms with Crippen molar-refractivity contribution in [2.24, 2.45) is 0 Å². The second-order valence-corrected chi connectivity index (χ2v) is 5.80. The molecule has 0 aliphatic heterocycles. The van der Waals surface area contributed by atoms with Gasteiger partial charge in [0.05, 0.1) is 16.3 Å². The summed E-state index contributed by atoms with van der Waals surface area (Å²) in [6.07, 6.45) is 1.76. The molecule has 1 aromatic heterocycles. The average molecular weight is 328 g/mol. The van der Waals surface area contributed by atoms with E-state index in [0.717, 1.165) is 10.4 Å². The van der Waals surface area contributed by atoms with E-state index in [1.807, 2.05) is 12.1 Å². The molecule has 1 amide bonds. The molecule has 3 aromatic rings. The number of carbonyl (C=O) groups excluding carboxylic acids is 1. The highest BCUT2D eigenvalue weighted by molar-refractivity contribution is 7.13. The number of nitrogens with one attached hydrogen (secondary N) is 1. The van der Waals surface area contributed by atoms with E-state index in [0.29, 0.717) is 5.56 Å². The van der Waals surface area contributed by atoms with Gasteiger partial charge in [0.1, 0.15) is 5.82 Å². The normalized spacial score (nSPS) is 11.9. The quantitative estimate of drug-likeness (QED) is 0.568. The molecular weight excluding hydrogens is 315 g/mol. The summed E-state index contributed by atoms with van der Waals surface area (Å²) in [5.41, 5.74) is 5.13. The Kier molecular flexibility index (Phi) is 4.45. The molecular formula is C17H13FN2O2S. The lowest BCUT2D eigenvalue weighted by Gasteiger charge is -2.16. The lowest BCUT2D eigenvalue weighted by atomic mass is 9.89. The average Bonchev–Trinajstić information content (AvgIpc) is 3.12. The van der Waals surface area contributed by atoms with Crippen molar-refractivity contribution >= 4 is 17.2 Å². The van der Waals surface area contributed by atoms with Crippen LogP contribution >= 0.6 is 11.3 Å². The number of hydrogen-bond acceptors (Lipinski definition) is 4. The summed E-state index contributed by atoms with van der Waals surface area (Å²) < 4.78 is 14.1. The maximum atomic E-state index is 14.1. The third-order valence-electron chi connectivity index (χ3n) is 3.55. The fourth-order valence-electron chi connectivity index (χ4n) is 2.44. The van der Waals surface area contributed by atoms with Crippen LogP contribution in [0.2, 0.25) is 0 Å². The minimum absolute atomic E-state index is 0.213. The topological polar surface area (TPSA) is 62.2 Å². The van der Waals surface area contributed by atoms with Crippen molar-refractivity contribution in [3.8, 4) is 10.4 Å². The largest absolute Gasteiger partial charge is 0.289 e. The summed E-state index contributed by atoms with van der Waals surface area (Å²) in [7, 11) is 0. The first-order valence-electron chi connectivity index (χ1n) is 6.88. The van der Waals surface area contributed by atoms with E-state index in [-0.39, 0.29) is 5.56 Å². The van der Waals surface area contributed by atoms with E-state index in [2.05, 4.69) is 4.98 Å². The number of halogens is 1. The monoisotopic (exact) mass is 328 g/mol. The van der Waals surface area contributed by atoms with Crippen LogP contribution in [0.15, 0.2) is 60.2 Å². The van der Waals surface area contributed by atoms with Crippen LogP contribution in [0.1, 0.15) is 17.0 Å². The van der Waals surface area contributed by atoms with Crippen LogP contribution in [0.5, 0.6) is 0 Å². The van der Waals surface area contributed by atoms with Crippen molar-refractivity contribution < 1.29 is 14.4 Å². The van der Waals surface area contributed by atoms with E-state index in [4.69, 9.17) is 5.21 Å². The molecule has 0 aliphatic rings. The zero-order valence-electron chi connectivity index (χ0n) is 11.9. The van der Waals surface area contributed by atoms with Crippen LogP contribution in [0.3, 0.4) is 0 Å². The molecule has 23 heavy (non-hydrogen) atoms. The molecule has 0 fully saturated rings. The number of carbonyl (C=O) groups is 1. The standard InChI is InChI=1S/C17H13FN2O2S/c18-14-4-2-1-3-13(14)16(17(21)20-22)12-7-5-11(6-8-12)15-9-19-10-23-15/h1-10,16,22H,(H,20,21). The fourth-order valence-corrected chi connectivity index (χ4v) is 3.07. The summed E-state index contributed by atoms with van der Waals surface area (Å²) in [6.45, 7) is 0. The Bertz CT molecular complexity index is 804. The van der Waals surface area contributed by atoms with Crippen LogP contribution < -0.4 is 5.48 Å². The van der Waals surface area contributed by atoms with Gasteiger partial charge in [-0.15, -0.1) is 11.3 Å². The number of benzene rings is 2. The van der Waals surface area contributed by atoms with E-state index in [1.54, 1.807) is 41.5 Å². The van der Waals surface area contributed by atoms with E-state index in [1.165, 1.54) is 23.5 Å². The Hall–Kier alpha value is -2.57. The number of hydrogen-bond donors (Lipinski definition) is 2. The third-order valence-corrected chi connectivity index (χ3v) is 4.37. The van der Waals surface area contributed by atoms with Crippen LogP contribution in [-0.4, -0.2) is 16.1 Å². The van der Waals surface area contributed by atoms with Gasteiger partial charge in [0, 0.05) is 11.8 Å². The molecule has 0 saturated heterocycles. The fraction of sp³-hybridized carbons (Fsp3) is 0.0588. The first-order chi connectivity index (χ1) is 11.2. The van der Waals surface area contributed by atoms with Crippen molar-refractivity contribution in [1.29, 1.82) is 0 Å². The van der Waals surface area contributed by atoms with Crippen molar-refractivity contribution in [3.05, 3.63) is 77.2 Å². The Morgan fingerprint density at radius 2 is 1.91 bits per heavy atom. The molecule has 2 N–H and O–H groups in total. The predicted molar refractivity (Wildman–Crippen MR) is 85.7 cm³/mol. The lowest BCUT2D eigenvalue weighted by Crippen LogP contribution is -2.27. The Labute approximate surface area is 136 Å². The first-order valence-corrected chi connectivity index (χ1v) is 7.76. The zero-order chi connectivity index (χ0) is 16.2. The van der Waals surface area contributed by atoms with E-state index in [9.17, 15) is 9.18 Å². The number of amides is 1. The Morgan fingerprint density at radius 3 is 2.52 bits per heavy atom. The summed E-state index contributed by atoms with van der Waals surface area (Å²) >= 11 is 1.51. The molecule has 1 unspecified atom stereocenters. The van der Waals surface area contributed by atoms with E-state index >= 15 is 0 Å². The van der Waals surface area contributed by atoms with Gasteiger partial charge >= 0.3 is 0 Å². The van der Waals surface area contributed by atoms with Gasteiger partial charge < -0.3 is 0 Å². The number of aromatic nitrogens is 1. The molecule has 1 atom stereocenters. The number of hydroxylamine groups is 1. The van der Waals surface area contributed by atoms with Gasteiger partial charge in [0.15, 0.2) is 0 Å². The first kappa shape index (κ1) is 15.3. The van der Waals surface area contributed by atoms with Crippen LogP contribution in [0.25, 0.3) is 10.4 Å². The molecule has 2 aromatic carbocycles. The van der Waals surface area contributed by atoms with Gasteiger partial charge in [0.2, 0.25) is 0 Å². The van der Waals surface area contributed by atoms with Crippen LogP contribution in [-0.2, 0) is 4.79 Å². The maximum absolute atomic E-state index is 14.1. The van der Waals surface area contributed by atoms with Gasteiger partial charge in [-0.2, -0.15) is 0 Å². The van der Waals surface area contributed by atoms with Gasteiger partial charge in [-0.05, 0) is 17.2 Å². The van der Waals surface area contributed by atoms with Gasteiger partial charge in [-0.3, -0.25) is 15.0 Å². The summed E-state index contributed by atoms with van der Waals surface area (Å²) in [6, 6.07) is 13.2. The minimum atomic E-state index is -0.920. The van der Waals surface area contributed by atoms with Crippen molar-refractivity contribution in [2.45, 2.75) is 5.92 Å². The van der Waals surface area contributed by atoms with Crippen molar-refractivity contribution in [3.63, 3.8) is 0 Å². The molecule has 1 heterocycles. The second-order valence-electron chi connectivity index (χ2n) is 4.92. The van der Waals surface area contributed by atoms with Crippen LogP contribution in [0.4, 0.5) is 4.39 Å². The summed E-state index contributed by atoms with van der Waals surface area (Å²) in [4.78, 5) is 17.1. The zero-order valence-corrected chi connectivity index (χ0v) is 12.8. The molecule has 0 saturated carbocycles. The summed E-state index contributed by atoms with van der Waals surface area (Å²) in [5, 5.41) is 8.99. The van der Waals surface area contributed by atoms with E-state index < -0.39 is 17.6 Å². The molecule has 0 spiro atoms. The molecule has 4 nitrogen and oxygen atoms in total.